The fourth-order valence-corrected chi connectivity index (χ4v) is 4.78. The predicted octanol–water partition coefficient (Wildman–Crippen LogP) is 5.73. The maximum absolute atomic E-state index is 13.5. The van der Waals surface area contributed by atoms with Gasteiger partial charge in [-0.25, -0.2) is 0 Å². The summed E-state index contributed by atoms with van der Waals surface area (Å²) in [6.07, 6.45) is -2.69. The second kappa shape index (κ2) is 11.2. The van der Waals surface area contributed by atoms with E-state index in [4.69, 9.17) is 0 Å². The fourth-order valence-electron chi connectivity index (χ4n) is 4.00. The third kappa shape index (κ3) is 5.95. The maximum Gasteiger partial charge on any atom is 0.416 e. The summed E-state index contributed by atoms with van der Waals surface area (Å²) in [6, 6.07) is 11.5. The molecule has 0 saturated heterocycles. The largest absolute Gasteiger partial charge is 0.416 e. The third-order valence-electron chi connectivity index (χ3n) is 5.86. The SMILES string of the molecule is CCc1c(-c2cccc(C(F)(F)F)c2)c(=O)c(C(=O)NCc2ccc(S(=O)CC)cc2)cn1C(C)C. The topological polar surface area (TPSA) is 68.2 Å². The minimum Gasteiger partial charge on any atom is -0.348 e. The van der Waals surface area contributed by atoms with Crippen LogP contribution in [-0.4, -0.2) is 20.4 Å². The van der Waals surface area contributed by atoms with Gasteiger partial charge in [-0.3, -0.25) is 13.8 Å². The molecule has 0 spiro atoms. The molecule has 3 rings (SSSR count). The number of nitrogens with zero attached hydrogens (tertiary/aromatic N) is 1. The fraction of sp³-hybridized carbons (Fsp3) is 0.333. The number of nitrogens with one attached hydrogen (secondary N) is 1. The van der Waals surface area contributed by atoms with Crippen LogP contribution in [0.25, 0.3) is 11.1 Å². The van der Waals surface area contributed by atoms with Crippen molar-refractivity contribution in [2.45, 2.75) is 57.8 Å². The number of amides is 1. The molecule has 1 unspecified atom stereocenters. The van der Waals surface area contributed by atoms with Gasteiger partial charge in [0.25, 0.3) is 5.91 Å². The summed E-state index contributed by atoms with van der Waals surface area (Å²) in [7, 11) is -1.08. The Balaban J connectivity index is 2.02. The molecule has 0 aliphatic carbocycles. The van der Waals surface area contributed by atoms with E-state index in [9.17, 15) is 27.0 Å². The Morgan fingerprint density at radius 3 is 2.31 bits per heavy atom. The van der Waals surface area contributed by atoms with Gasteiger partial charge in [-0.2, -0.15) is 13.2 Å². The van der Waals surface area contributed by atoms with Gasteiger partial charge in [0, 0.05) is 40.7 Å². The van der Waals surface area contributed by atoms with Crippen molar-refractivity contribution < 1.29 is 22.2 Å². The number of hydrogen-bond acceptors (Lipinski definition) is 3. The second-order valence-electron chi connectivity index (χ2n) is 8.59. The van der Waals surface area contributed by atoms with Gasteiger partial charge in [-0.15, -0.1) is 0 Å². The van der Waals surface area contributed by atoms with Crippen molar-refractivity contribution in [1.29, 1.82) is 0 Å². The van der Waals surface area contributed by atoms with Gasteiger partial charge in [0.05, 0.1) is 16.4 Å². The van der Waals surface area contributed by atoms with Crippen molar-refractivity contribution in [2.24, 2.45) is 0 Å². The van der Waals surface area contributed by atoms with Crippen LogP contribution in [-0.2, 0) is 29.9 Å². The lowest BCUT2D eigenvalue weighted by Crippen LogP contribution is -2.31. The van der Waals surface area contributed by atoms with E-state index in [1.54, 1.807) is 28.8 Å². The highest BCUT2D eigenvalue weighted by Gasteiger charge is 2.31. The monoisotopic (exact) mass is 518 g/mol. The quantitative estimate of drug-likeness (QED) is 0.414. The van der Waals surface area contributed by atoms with Crippen LogP contribution in [0.5, 0.6) is 0 Å². The summed E-state index contributed by atoms with van der Waals surface area (Å²) < 4.78 is 53.8. The van der Waals surface area contributed by atoms with Crippen LogP contribution in [0.15, 0.2) is 64.4 Å². The van der Waals surface area contributed by atoms with Gasteiger partial charge < -0.3 is 9.88 Å². The molecular formula is C27H29F3N2O3S. The minimum atomic E-state index is -4.56. The van der Waals surface area contributed by atoms with Gasteiger partial charge in [0.2, 0.25) is 5.43 Å². The van der Waals surface area contributed by atoms with E-state index in [1.165, 1.54) is 18.3 Å². The van der Waals surface area contributed by atoms with Gasteiger partial charge in [-0.1, -0.05) is 38.1 Å². The van der Waals surface area contributed by atoms with Crippen molar-refractivity contribution in [3.63, 3.8) is 0 Å². The van der Waals surface area contributed by atoms with Crippen LogP contribution >= 0.6 is 0 Å². The van der Waals surface area contributed by atoms with Crippen molar-refractivity contribution in [2.75, 3.05) is 5.75 Å². The van der Waals surface area contributed by atoms with E-state index in [-0.39, 0.29) is 29.3 Å². The van der Waals surface area contributed by atoms with Crippen molar-refractivity contribution in [3.8, 4) is 11.1 Å². The molecule has 1 N–H and O–H groups in total. The van der Waals surface area contributed by atoms with Gasteiger partial charge in [0.15, 0.2) is 0 Å². The van der Waals surface area contributed by atoms with E-state index < -0.39 is 33.9 Å². The molecule has 36 heavy (non-hydrogen) atoms. The van der Waals surface area contributed by atoms with Crippen molar-refractivity contribution >= 4 is 16.7 Å². The normalized spacial score (nSPS) is 12.6. The summed E-state index contributed by atoms with van der Waals surface area (Å²) in [5.74, 6) is -0.119. The van der Waals surface area contributed by atoms with E-state index in [2.05, 4.69) is 5.32 Å². The average molecular weight is 519 g/mol. The first-order valence-corrected chi connectivity index (χ1v) is 13.0. The van der Waals surface area contributed by atoms with E-state index in [0.29, 0.717) is 22.8 Å². The Labute approximate surface area is 210 Å². The molecule has 0 saturated carbocycles. The molecule has 0 aliphatic rings. The van der Waals surface area contributed by atoms with Crippen LogP contribution in [0.2, 0.25) is 0 Å². The zero-order valence-electron chi connectivity index (χ0n) is 20.6. The summed E-state index contributed by atoms with van der Waals surface area (Å²) in [4.78, 5) is 27.3. The Kier molecular flexibility index (Phi) is 8.55. The molecule has 1 heterocycles. The number of pyridine rings is 1. The first-order chi connectivity index (χ1) is 17.0. The lowest BCUT2D eigenvalue weighted by molar-refractivity contribution is -0.137. The standard InChI is InChI=1S/C27H29F3N2O3S/c1-5-23-24(19-8-7-9-20(14-19)27(28,29)30)25(33)22(16-32(23)17(3)4)26(34)31-15-18-10-12-21(13-11-18)36(35)6-2/h7-14,16-17H,5-6,15H2,1-4H3,(H,31,34). The molecule has 5 nitrogen and oxygen atoms in total. The summed E-state index contributed by atoms with van der Waals surface area (Å²) in [5, 5.41) is 2.73. The van der Waals surface area contributed by atoms with Crippen LogP contribution in [0.4, 0.5) is 13.2 Å². The highest BCUT2D eigenvalue weighted by Crippen LogP contribution is 2.33. The molecule has 192 valence electrons. The molecule has 1 aromatic heterocycles. The number of halogens is 3. The molecule has 1 atom stereocenters. The Morgan fingerprint density at radius 1 is 1.08 bits per heavy atom. The summed E-state index contributed by atoms with van der Waals surface area (Å²) in [6.45, 7) is 7.53. The summed E-state index contributed by atoms with van der Waals surface area (Å²) in [5.41, 5.74) is -0.0872. The molecule has 2 aromatic carbocycles. The molecule has 0 bridgehead atoms. The van der Waals surface area contributed by atoms with E-state index in [1.807, 2.05) is 27.7 Å². The molecule has 0 aliphatic heterocycles. The van der Waals surface area contributed by atoms with E-state index in [0.717, 1.165) is 17.7 Å². The highest BCUT2D eigenvalue weighted by molar-refractivity contribution is 7.85. The van der Waals surface area contributed by atoms with Crippen LogP contribution in [0, 0.1) is 0 Å². The molecule has 9 heteroatoms. The highest BCUT2D eigenvalue weighted by atomic mass is 32.2. The Morgan fingerprint density at radius 2 is 1.75 bits per heavy atom. The molecule has 0 fully saturated rings. The Hall–Kier alpha value is -3.20. The smallest absolute Gasteiger partial charge is 0.348 e. The first kappa shape index (κ1) is 27.4. The van der Waals surface area contributed by atoms with Crippen molar-refractivity contribution in [1.82, 2.24) is 9.88 Å². The van der Waals surface area contributed by atoms with Crippen molar-refractivity contribution in [3.05, 3.63) is 87.3 Å². The van der Waals surface area contributed by atoms with Crippen LogP contribution in [0.3, 0.4) is 0 Å². The third-order valence-corrected chi connectivity index (χ3v) is 7.18. The second-order valence-corrected chi connectivity index (χ2v) is 10.3. The zero-order valence-corrected chi connectivity index (χ0v) is 21.4. The van der Waals surface area contributed by atoms with Gasteiger partial charge in [-0.05, 0) is 55.7 Å². The van der Waals surface area contributed by atoms with Crippen LogP contribution < -0.4 is 10.7 Å². The molecule has 3 aromatic rings. The van der Waals surface area contributed by atoms with Gasteiger partial charge >= 0.3 is 6.18 Å². The number of carbonyl (C=O) groups excluding carboxylic acids is 1. The number of benzene rings is 2. The number of hydrogen-bond donors (Lipinski definition) is 1. The Bertz CT molecular complexity index is 1330. The number of carbonyl (C=O) groups is 1. The number of aromatic nitrogens is 1. The lowest BCUT2D eigenvalue weighted by atomic mass is 9.97. The molecule has 0 radical (unpaired) electrons. The van der Waals surface area contributed by atoms with E-state index >= 15 is 0 Å². The number of alkyl halides is 3. The lowest BCUT2D eigenvalue weighted by Gasteiger charge is -2.22. The summed E-state index contributed by atoms with van der Waals surface area (Å²) >= 11 is 0. The minimum absolute atomic E-state index is 0.0938. The van der Waals surface area contributed by atoms with Gasteiger partial charge in [0.1, 0.15) is 5.56 Å². The molecule has 1 amide bonds. The molecular weight excluding hydrogens is 489 g/mol. The zero-order chi connectivity index (χ0) is 26.6. The van der Waals surface area contributed by atoms with Crippen LogP contribution in [0.1, 0.15) is 60.9 Å². The average Bonchev–Trinajstić information content (AvgIpc) is 2.86. The number of rotatable bonds is 8. The first-order valence-electron chi connectivity index (χ1n) is 11.7. The maximum atomic E-state index is 13.5. The predicted molar refractivity (Wildman–Crippen MR) is 135 cm³/mol.